The molecule has 2 unspecified atom stereocenters. The van der Waals surface area contributed by atoms with E-state index in [0.29, 0.717) is 21.6 Å². The van der Waals surface area contributed by atoms with E-state index in [1.807, 2.05) is 46.2 Å². The van der Waals surface area contributed by atoms with Crippen LogP contribution in [0.4, 0.5) is 8.78 Å². The van der Waals surface area contributed by atoms with Gasteiger partial charge in [-0.2, -0.15) is 5.10 Å². The number of nitrogens with zero attached hydrogens (tertiary/aromatic N) is 2. The topological polar surface area (TPSA) is 52.9 Å². The fraction of sp³-hybridized carbons (Fsp3) is 0.571. The van der Waals surface area contributed by atoms with Crippen molar-refractivity contribution >= 4 is 27.3 Å². The lowest BCUT2D eigenvalue weighted by molar-refractivity contribution is 0.359. The first-order valence-electron chi connectivity index (χ1n) is 9.72. The van der Waals surface area contributed by atoms with Crippen molar-refractivity contribution in [2.75, 3.05) is 0 Å². The van der Waals surface area contributed by atoms with Crippen LogP contribution in [0.25, 0.3) is 11.3 Å². The first-order valence-corrected chi connectivity index (χ1v) is 11.7. The van der Waals surface area contributed by atoms with Gasteiger partial charge < -0.3 is 4.55 Å². The van der Waals surface area contributed by atoms with E-state index in [2.05, 4.69) is 25.8 Å². The molecule has 3 rings (SSSR count). The molecule has 1 heterocycles. The van der Waals surface area contributed by atoms with Crippen molar-refractivity contribution in [1.29, 1.82) is 0 Å². The molecule has 1 aliphatic rings. The molecular weight excluding hydrogens is 460 g/mol. The van der Waals surface area contributed by atoms with Crippen LogP contribution in [0.5, 0.6) is 0 Å². The van der Waals surface area contributed by atoms with E-state index in [1.54, 1.807) is 6.20 Å². The molecule has 0 amide bonds. The molecule has 1 N–H and O–H groups in total. The van der Waals surface area contributed by atoms with Crippen molar-refractivity contribution in [2.45, 2.75) is 70.7 Å². The number of benzene rings is 1. The summed E-state index contributed by atoms with van der Waals surface area (Å²) >= 11 is 2.12. The molecule has 2 aromatic rings. The summed E-state index contributed by atoms with van der Waals surface area (Å²) in [6.07, 6.45) is 3.82. The van der Waals surface area contributed by atoms with Gasteiger partial charge in [0, 0.05) is 27.0 Å². The van der Waals surface area contributed by atoms with E-state index >= 15 is 0 Å². The third-order valence-corrected chi connectivity index (χ3v) is 7.15. The first-order chi connectivity index (χ1) is 13.3. The molecule has 8 heteroatoms. The van der Waals surface area contributed by atoms with Gasteiger partial charge in [-0.05, 0) is 88.4 Å². The van der Waals surface area contributed by atoms with Gasteiger partial charge in [-0.25, -0.2) is 8.78 Å². The maximum atomic E-state index is 14.2. The molecule has 1 saturated carbocycles. The molecule has 0 bridgehead atoms. The van der Waals surface area contributed by atoms with E-state index in [0.717, 1.165) is 24.5 Å². The minimum absolute atomic E-state index is 0.179. The van der Waals surface area contributed by atoms with Crippen molar-refractivity contribution in [1.82, 2.24) is 14.5 Å². The Bertz CT molecular complexity index is 901. The van der Waals surface area contributed by atoms with Crippen LogP contribution in [-0.2, 0) is 16.9 Å². The van der Waals surface area contributed by atoms with E-state index in [-0.39, 0.29) is 11.6 Å². The van der Waals surface area contributed by atoms with Crippen LogP contribution in [0.1, 0.15) is 66.0 Å². The number of nitrogens with one attached hydrogen (secondary N) is 1. The smallest absolute Gasteiger partial charge is 0.159 e. The zero-order chi connectivity index (χ0) is 21.7. The lowest BCUT2D eigenvalue weighted by atomic mass is 9.98. The molecule has 1 aromatic heterocycles. The number of hydrogen-bond acceptors (Lipinski definition) is 3. The van der Waals surface area contributed by atoms with Gasteiger partial charge in [-0.3, -0.25) is 4.68 Å². The molecule has 4 nitrogen and oxygen atoms in total. The van der Waals surface area contributed by atoms with Gasteiger partial charge in [0.15, 0.2) is 11.6 Å². The summed E-state index contributed by atoms with van der Waals surface area (Å²) in [5, 5.41) is 4.60. The fourth-order valence-corrected chi connectivity index (χ4v) is 4.61. The highest BCUT2D eigenvalue weighted by molar-refractivity contribution is 9.10. The van der Waals surface area contributed by atoms with Crippen LogP contribution in [0.15, 0.2) is 22.8 Å². The molecule has 160 valence electrons. The minimum Gasteiger partial charge on any atom is -0.598 e. The molecule has 1 fully saturated rings. The van der Waals surface area contributed by atoms with Crippen molar-refractivity contribution in [3.8, 4) is 11.3 Å². The fourth-order valence-electron chi connectivity index (χ4n) is 3.21. The normalized spacial score (nSPS) is 17.4. The van der Waals surface area contributed by atoms with Crippen molar-refractivity contribution in [2.24, 2.45) is 5.92 Å². The van der Waals surface area contributed by atoms with Gasteiger partial charge in [0.25, 0.3) is 0 Å². The van der Waals surface area contributed by atoms with Crippen molar-refractivity contribution in [3.05, 3.63) is 40.0 Å². The van der Waals surface area contributed by atoms with Crippen LogP contribution in [0, 0.1) is 17.6 Å². The highest BCUT2D eigenvalue weighted by Crippen LogP contribution is 2.46. The summed E-state index contributed by atoms with van der Waals surface area (Å²) in [6, 6.07) is 2.16. The maximum absolute atomic E-state index is 14.2. The first kappa shape index (κ1) is 22.7. The van der Waals surface area contributed by atoms with Gasteiger partial charge in [0.05, 0.1) is 23.5 Å². The van der Waals surface area contributed by atoms with Gasteiger partial charge in [0.1, 0.15) is 4.75 Å². The molecule has 29 heavy (non-hydrogen) atoms. The van der Waals surface area contributed by atoms with E-state index in [9.17, 15) is 13.3 Å². The Labute approximate surface area is 182 Å². The predicted octanol–water partition coefficient (Wildman–Crippen LogP) is 5.85. The molecular formula is C21H28BrF2N3OS. The molecule has 0 radical (unpaired) electrons. The highest BCUT2D eigenvalue weighted by atomic mass is 79.9. The lowest BCUT2D eigenvalue weighted by Crippen LogP contribution is -2.42. The number of hydrogen-bond donors (Lipinski definition) is 1. The van der Waals surface area contributed by atoms with E-state index in [1.165, 1.54) is 6.07 Å². The molecule has 0 aliphatic heterocycles. The second kappa shape index (κ2) is 7.94. The SMILES string of the molecule is CC(C)(C)n1ncc(C(N[S+]([O-])C(C)(C)C)C2CC2)c1-c1cc(F)c(F)cc1Br. The third kappa shape index (κ3) is 4.86. The van der Waals surface area contributed by atoms with Gasteiger partial charge in [-0.15, -0.1) is 4.72 Å². The van der Waals surface area contributed by atoms with Crippen molar-refractivity contribution < 1.29 is 13.3 Å². The van der Waals surface area contributed by atoms with Crippen LogP contribution < -0.4 is 4.72 Å². The zero-order valence-electron chi connectivity index (χ0n) is 17.6. The van der Waals surface area contributed by atoms with Gasteiger partial charge in [0.2, 0.25) is 0 Å². The average molecular weight is 488 g/mol. The van der Waals surface area contributed by atoms with Crippen molar-refractivity contribution in [3.63, 3.8) is 0 Å². The molecule has 0 spiro atoms. The Hall–Kier alpha value is -0.960. The van der Waals surface area contributed by atoms with Gasteiger partial charge in [-0.1, -0.05) is 0 Å². The molecule has 0 saturated heterocycles. The second-order valence-electron chi connectivity index (χ2n) is 9.59. The summed E-state index contributed by atoms with van der Waals surface area (Å²) in [4.78, 5) is 0. The summed E-state index contributed by atoms with van der Waals surface area (Å²) in [7, 11) is 0. The van der Waals surface area contributed by atoms with Crippen LogP contribution >= 0.6 is 15.9 Å². The van der Waals surface area contributed by atoms with E-state index < -0.39 is 27.7 Å². The third-order valence-electron chi connectivity index (χ3n) is 4.92. The molecule has 2 atom stereocenters. The van der Waals surface area contributed by atoms with Gasteiger partial charge >= 0.3 is 0 Å². The monoisotopic (exact) mass is 487 g/mol. The number of halogens is 3. The number of aromatic nitrogens is 2. The minimum atomic E-state index is -1.27. The predicted molar refractivity (Wildman–Crippen MR) is 117 cm³/mol. The van der Waals surface area contributed by atoms with E-state index in [4.69, 9.17) is 0 Å². The maximum Gasteiger partial charge on any atom is 0.159 e. The Morgan fingerprint density at radius 2 is 1.76 bits per heavy atom. The van der Waals surface area contributed by atoms with Crippen LogP contribution in [0.2, 0.25) is 0 Å². The Morgan fingerprint density at radius 1 is 1.17 bits per heavy atom. The van der Waals surface area contributed by atoms with Crippen LogP contribution in [-0.4, -0.2) is 19.1 Å². The zero-order valence-corrected chi connectivity index (χ0v) is 20.0. The Morgan fingerprint density at radius 3 is 2.28 bits per heavy atom. The molecule has 1 aromatic carbocycles. The second-order valence-corrected chi connectivity index (χ2v) is 12.4. The van der Waals surface area contributed by atoms with Crippen LogP contribution in [0.3, 0.4) is 0 Å². The molecule has 1 aliphatic carbocycles. The Balaban J connectivity index is 2.17. The lowest BCUT2D eigenvalue weighted by Gasteiger charge is -2.29. The summed E-state index contributed by atoms with van der Waals surface area (Å²) in [5.74, 6) is -1.48. The highest BCUT2D eigenvalue weighted by Gasteiger charge is 2.41. The average Bonchev–Trinajstić information content (AvgIpc) is 3.32. The Kier molecular flexibility index (Phi) is 6.22. The summed E-state index contributed by atoms with van der Waals surface area (Å²) in [5.41, 5.74) is 1.71. The largest absolute Gasteiger partial charge is 0.598 e. The number of rotatable bonds is 5. The standard InChI is InChI=1S/C21H28BrF2N3OS/c1-20(2,3)27-19(13-9-16(23)17(24)10-15(13)22)14(11-25-27)18(12-7-8-12)26-29(28)21(4,5)6/h9-12,18,26H,7-8H2,1-6H3. The summed E-state index contributed by atoms with van der Waals surface area (Å²) < 4.78 is 45.9. The quantitative estimate of drug-likeness (QED) is 0.425. The summed E-state index contributed by atoms with van der Waals surface area (Å²) in [6.45, 7) is 11.8.